The van der Waals surface area contributed by atoms with Crippen LogP contribution in [0.25, 0.3) is 0 Å². The molecule has 1 heterocycles. The lowest BCUT2D eigenvalue weighted by Crippen LogP contribution is -2.45. The standard InChI is InChI=1S/3C10H14O.C5H6N2O.C3H6O2.C2H4O2/c3*11-10-8-2-6-1-7(4-8)5-9(10)3-6;1-5(8)7-3-2-6-4-7;1-3(4)5-2;1-2(3)4/h3*6-9H,1-5H2;2-4H,1H3;1-2H3;1H3,(H,3,4). The molecular weight excluding hydrogens is 636 g/mol. The largest absolute Gasteiger partial charge is 0.481 e. The van der Waals surface area contributed by atoms with Gasteiger partial charge in [0.25, 0.3) is 5.97 Å². The van der Waals surface area contributed by atoms with E-state index in [4.69, 9.17) is 9.90 Å². The predicted molar refractivity (Wildman–Crippen MR) is 186 cm³/mol. The van der Waals surface area contributed by atoms with Gasteiger partial charge in [0, 0.05) is 68.7 Å². The number of Topliss-reactive ketones (excluding diaryl/α,β-unsaturated/α-hetero) is 3. The van der Waals surface area contributed by atoms with Gasteiger partial charge in [0.05, 0.1) is 7.11 Å². The first kappa shape index (κ1) is 38.1. The Morgan fingerprint density at radius 3 is 0.960 bits per heavy atom. The van der Waals surface area contributed by atoms with Crippen molar-refractivity contribution >= 4 is 35.2 Å². The van der Waals surface area contributed by atoms with Crippen molar-refractivity contribution in [2.24, 2.45) is 71.0 Å². The van der Waals surface area contributed by atoms with Gasteiger partial charge in [-0.1, -0.05) is 0 Å². The molecule has 0 aliphatic heterocycles. The van der Waals surface area contributed by atoms with Crippen molar-refractivity contribution in [3.63, 3.8) is 0 Å². The van der Waals surface area contributed by atoms with Crippen LogP contribution in [0.3, 0.4) is 0 Å². The highest BCUT2D eigenvalue weighted by molar-refractivity contribution is 5.86. The van der Waals surface area contributed by atoms with Crippen LogP contribution in [0.2, 0.25) is 0 Å². The number of carbonyl (C=O) groups excluding carboxylic acids is 5. The number of ketones is 3. The Kier molecular flexibility index (Phi) is 12.9. The molecule has 1 N–H and O–H groups in total. The van der Waals surface area contributed by atoms with Crippen molar-refractivity contribution in [2.75, 3.05) is 7.11 Å². The molecule has 12 fully saturated rings. The molecule has 0 radical (unpaired) electrons. The molecule has 0 atom stereocenters. The van der Waals surface area contributed by atoms with E-state index >= 15 is 0 Å². The van der Waals surface area contributed by atoms with Crippen LogP contribution in [0.15, 0.2) is 18.7 Å². The van der Waals surface area contributed by atoms with E-state index in [9.17, 15) is 24.0 Å². The van der Waals surface area contributed by atoms with Crippen LogP contribution in [0, 0.1) is 71.0 Å². The fourth-order valence-corrected chi connectivity index (χ4v) is 11.4. The van der Waals surface area contributed by atoms with Crippen LogP contribution in [-0.2, 0) is 28.7 Å². The van der Waals surface area contributed by atoms with Gasteiger partial charge in [-0.15, -0.1) is 0 Å². The summed E-state index contributed by atoms with van der Waals surface area (Å²) in [5, 5.41) is 7.42. The summed E-state index contributed by atoms with van der Waals surface area (Å²) in [7, 11) is 1.35. The minimum absolute atomic E-state index is 0.0116. The number of hydrogen-bond acceptors (Lipinski definition) is 8. The third kappa shape index (κ3) is 9.78. The Balaban J connectivity index is 0.000000121. The molecule has 0 amide bonds. The summed E-state index contributed by atoms with van der Waals surface area (Å²) in [6.45, 7) is 3.93. The van der Waals surface area contributed by atoms with Gasteiger partial charge in [-0.05, 0) is 132 Å². The molecule has 50 heavy (non-hydrogen) atoms. The van der Waals surface area contributed by atoms with E-state index in [-0.39, 0.29) is 11.9 Å². The molecule has 0 saturated heterocycles. The van der Waals surface area contributed by atoms with E-state index in [1.165, 1.54) is 128 Å². The van der Waals surface area contributed by atoms with Gasteiger partial charge in [-0.2, -0.15) is 0 Å². The maximum atomic E-state index is 11.6. The summed E-state index contributed by atoms with van der Waals surface area (Å²) < 4.78 is 5.53. The summed E-state index contributed by atoms with van der Waals surface area (Å²) in [5.41, 5.74) is 0. The highest BCUT2D eigenvalue weighted by atomic mass is 16.5. The first-order chi connectivity index (χ1) is 23.8. The lowest BCUT2D eigenvalue weighted by Gasteiger charge is -2.48. The SMILES string of the molecule is CC(=O)O.CC(=O)n1ccnc1.COC(C)=O.O=C1C2CC3CC(C2)CC1C3.O=C1C2CC3CC(C2)CC1C3.O=C1C2CC3CC(C2)CC1C3. The quantitative estimate of drug-likeness (QED) is 0.288. The number of methoxy groups -OCH3 is 1. The molecule has 12 bridgehead atoms. The molecule has 0 unspecified atom stereocenters. The predicted octanol–water partition coefficient (Wildman–Crippen LogP) is 6.85. The van der Waals surface area contributed by atoms with Crippen LogP contribution < -0.4 is 0 Å². The normalized spacial score (nSPS) is 38.0. The molecule has 1 aromatic rings. The summed E-state index contributed by atoms with van der Waals surface area (Å²) in [4.78, 5) is 67.4. The Morgan fingerprint density at radius 2 is 0.820 bits per heavy atom. The fraction of sp³-hybridized carbons (Fsp3) is 0.775. The number of carboxylic acid groups (broad SMARTS) is 1. The van der Waals surface area contributed by atoms with Gasteiger partial charge in [-0.25, -0.2) is 4.98 Å². The van der Waals surface area contributed by atoms with E-state index in [1.54, 1.807) is 12.4 Å². The van der Waals surface area contributed by atoms with Crippen molar-refractivity contribution in [3.05, 3.63) is 18.7 Å². The Morgan fingerprint density at radius 1 is 0.580 bits per heavy atom. The number of ether oxygens (including phenoxy) is 1. The lowest BCUT2D eigenvalue weighted by molar-refractivity contribution is -0.140. The Labute approximate surface area is 296 Å². The minimum Gasteiger partial charge on any atom is -0.481 e. The average molecular weight is 695 g/mol. The van der Waals surface area contributed by atoms with Crippen LogP contribution in [-0.4, -0.2) is 57.0 Å². The fourth-order valence-electron chi connectivity index (χ4n) is 11.4. The molecule has 276 valence electrons. The smallest absolute Gasteiger partial charge is 0.302 e. The molecule has 12 aliphatic carbocycles. The van der Waals surface area contributed by atoms with Crippen molar-refractivity contribution in [1.82, 2.24) is 9.55 Å². The summed E-state index contributed by atoms with van der Waals surface area (Å²) in [6.07, 6.45) is 23.9. The maximum Gasteiger partial charge on any atom is 0.302 e. The molecule has 0 aromatic carbocycles. The van der Waals surface area contributed by atoms with Gasteiger partial charge in [0.1, 0.15) is 23.7 Å². The molecule has 10 nitrogen and oxygen atoms in total. The van der Waals surface area contributed by atoms with Crippen LogP contribution in [0.4, 0.5) is 0 Å². The summed E-state index contributed by atoms with van der Waals surface area (Å²) in [5.74, 6) is 9.45. The topological polar surface area (TPSA) is 150 Å². The molecular formula is C40H58N2O8. The molecule has 10 heteroatoms. The first-order valence-electron chi connectivity index (χ1n) is 19.1. The number of aliphatic carboxylic acids is 1. The Bertz CT molecular complexity index is 1180. The summed E-state index contributed by atoms with van der Waals surface area (Å²) >= 11 is 0. The molecule has 12 saturated carbocycles. The molecule has 0 spiro atoms. The van der Waals surface area contributed by atoms with E-state index in [2.05, 4.69) is 9.72 Å². The second-order valence-corrected chi connectivity index (χ2v) is 16.8. The zero-order chi connectivity index (χ0) is 36.1. The number of rotatable bonds is 0. The van der Waals surface area contributed by atoms with Crippen molar-refractivity contribution < 1.29 is 38.6 Å². The van der Waals surface area contributed by atoms with Crippen molar-refractivity contribution in [3.8, 4) is 0 Å². The number of carboxylic acids is 1. The van der Waals surface area contributed by atoms with Crippen LogP contribution >= 0.6 is 0 Å². The van der Waals surface area contributed by atoms with Gasteiger partial charge < -0.3 is 9.84 Å². The number of nitrogens with zero attached hydrogens (tertiary/aromatic N) is 2. The van der Waals surface area contributed by atoms with E-state index in [1.807, 2.05) is 0 Å². The molecule has 1 aromatic heterocycles. The summed E-state index contributed by atoms with van der Waals surface area (Å²) in [6, 6.07) is 0. The number of esters is 1. The van der Waals surface area contributed by atoms with Gasteiger partial charge >= 0.3 is 5.97 Å². The van der Waals surface area contributed by atoms with E-state index in [0.717, 1.165) is 42.4 Å². The maximum absolute atomic E-state index is 11.6. The number of imidazole rings is 1. The van der Waals surface area contributed by atoms with Crippen molar-refractivity contribution in [1.29, 1.82) is 0 Å². The van der Waals surface area contributed by atoms with Crippen LogP contribution in [0.1, 0.15) is 122 Å². The zero-order valence-corrected chi connectivity index (χ0v) is 30.5. The minimum atomic E-state index is -0.833. The third-order valence-electron chi connectivity index (χ3n) is 13.0. The second-order valence-electron chi connectivity index (χ2n) is 16.8. The second kappa shape index (κ2) is 16.9. The number of aromatic nitrogens is 2. The first-order valence-corrected chi connectivity index (χ1v) is 19.1. The molecule has 13 rings (SSSR count). The monoisotopic (exact) mass is 694 g/mol. The van der Waals surface area contributed by atoms with Crippen LogP contribution in [0.5, 0.6) is 0 Å². The van der Waals surface area contributed by atoms with E-state index < -0.39 is 5.97 Å². The van der Waals surface area contributed by atoms with Gasteiger partial charge in [0.2, 0.25) is 5.91 Å². The lowest BCUT2D eigenvalue weighted by atomic mass is 9.56. The number of carbonyl (C=O) groups is 6. The highest BCUT2D eigenvalue weighted by Crippen LogP contribution is 2.53. The van der Waals surface area contributed by atoms with Gasteiger partial charge in [-0.3, -0.25) is 33.3 Å². The highest BCUT2D eigenvalue weighted by Gasteiger charge is 2.49. The third-order valence-corrected chi connectivity index (χ3v) is 13.0. The average Bonchev–Trinajstić information content (AvgIpc) is 3.61. The zero-order valence-electron chi connectivity index (χ0n) is 30.5. The molecule has 12 aliphatic rings. The van der Waals surface area contributed by atoms with Crippen molar-refractivity contribution in [2.45, 2.75) is 117 Å². The van der Waals surface area contributed by atoms with Gasteiger partial charge in [0.15, 0.2) is 0 Å². The number of hydrogen-bond donors (Lipinski definition) is 1. The van der Waals surface area contributed by atoms with E-state index in [0.29, 0.717) is 52.9 Å². The Hall–Kier alpha value is -3.17.